The summed E-state index contributed by atoms with van der Waals surface area (Å²) in [6.07, 6.45) is 3.57. The van der Waals surface area contributed by atoms with Crippen molar-refractivity contribution in [3.63, 3.8) is 0 Å². The van der Waals surface area contributed by atoms with Crippen LogP contribution in [0.15, 0.2) is 5.11 Å². The van der Waals surface area contributed by atoms with Crippen molar-refractivity contribution < 1.29 is 156 Å². The topological polar surface area (TPSA) is 728 Å². The van der Waals surface area contributed by atoms with E-state index in [2.05, 4.69) is 26.0 Å². The van der Waals surface area contributed by atoms with Crippen LogP contribution in [-0.4, -0.2) is 265 Å². The molecular formula is C68H105N13O32. The predicted octanol–water partition coefficient (Wildman–Crippen LogP) is -1.32. The van der Waals surface area contributed by atoms with Gasteiger partial charge >= 0.3 is 53.7 Å². The van der Waals surface area contributed by atoms with Gasteiger partial charge in [-0.3, -0.25) is 91.1 Å². The second kappa shape index (κ2) is 59.3. The molecule has 0 fully saturated rings. The van der Waals surface area contributed by atoms with Gasteiger partial charge in [-0.1, -0.05) is 82.2 Å². The van der Waals surface area contributed by atoms with Gasteiger partial charge in [0.05, 0.1) is 76.5 Å². The predicted molar refractivity (Wildman–Crippen MR) is 384 cm³/mol. The van der Waals surface area contributed by atoms with Gasteiger partial charge in [0, 0.05) is 56.8 Å². The SMILES string of the molecule is CC(=O)CC(CC(=O)O)C(=O)NC(CC(=O)O)C(=O)NC(CC(=O)O)C(=O)NC(CC(=O)O)C(=O)NC(CC(=O)O)C(=O)NC(CC(=O)O)C(=O)NC(CC(=O)O)C(=O)NC(CC(=O)O)C(=O)CCCOCCOCC(=O)NCCCCCCCCCCC(=O)NCCCCCCCCCCC(=O)NC(CCN=[N+]=[N-])C(=O)O. The third-order valence-electron chi connectivity index (χ3n) is 16.3. The number of carbonyl (C=O) groups is 21. The highest BCUT2D eigenvalue weighted by Crippen LogP contribution is 2.15. The minimum Gasteiger partial charge on any atom is -0.481 e. The number of aliphatic carboxylic acids is 9. The number of hydrogen-bond donors (Lipinski definition) is 19. The number of hydrogen-bond acceptors (Lipinski definition) is 24. The Balaban J connectivity index is 5.24. The van der Waals surface area contributed by atoms with Crippen molar-refractivity contribution in [1.29, 1.82) is 0 Å². The first-order chi connectivity index (χ1) is 53.3. The number of azide groups is 1. The molecular weight excluding hydrogens is 1510 g/mol. The zero-order valence-electron chi connectivity index (χ0n) is 62.6. The minimum absolute atomic E-state index is 0.0228. The van der Waals surface area contributed by atoms with E-state index in [1.54, 1.807) is 21.3 Å². The van der Waals surface area contributed by atoms with Crippen LogP contribution >= 0.6 is 0 Å². The number of ether oxygens (including phenoxy) is 2. The van der Waals surface area contributed by atoms with Gasteiger partial charge in [-0.25, -0.2) is 4.79 Å². The molecule has 9 unspecified atom stereocenters. The molecule has 0 bridgehead atoms. The number of nitrogens with zero attached hydrogens (tertiary/aromatic N) is 3. The molecule has 0 aliphatic carbocycles. The zero-order valence-corrected chi connectivity index (χ0v) is 62.6. The molecule has 19 N–H and O–H groups in total. The van der Waals surface area contributed by atoms with Crippen LogP contribution in [0, 0.1) is 5.92 Å². The lowest BCUT2D eigenvalue weighted by Crippen LogP contribution is -2.61. The van der Waals surface area contributed by atoms with E-state index in [0.717, 1.165) is 103 Å². The molecule has 9 atom stereocenters. The Morgan fingerprint density at radius 3 is 0.973 bits per heavy atom. The number of rotatable bonds is 69. The number of unbranched alkanes of at least 4 members (excludes halogenated alkanes) is 14. The summed E-state index contributed by atoms with van der Waals surface area (Å²) in [5.41, 5.74) is 8.34. The van der Waals surface area contributed by atoms with Crippen LogP contribution in [0.2, 0.25) is 0 Å². The minimum atomic E-state index is -2.48. The number of carbonyl (C=O) groups excluding carboxylic acids is 12. The third-order valence-corrected chi connectivity index (χ3v) is 16.3. The van der Waals surface area contributed by atoms with Crippen molar-refractivity contribution in [3.8, 4) is 0 Å². The van der Waals surface area contributed by atoms with E-state index >= 15 is 0 Å². The van der Waals surface area contributed by atoms with E-state index < -0.39 is 225 Å². The molecule has 0 aromatic carbocycles. The molecule has 0 aliphatic heterocycles. The van der Waals surface area contributed by atoms with Gasteiger partial charge in [-0.05, 0) is 51.0 Å². The number of ketones is 2. The van der Waals surface area contributed by atoms with Crippen LogP contribution in [0.5, 0.6) is 0 Å². The van der Waals surface area contributed by atoms with Crippen molar-refractivity contribution >= 4 is 124 Å². The Bertz CT molecular complexity index is 3280. The number of Topliss-reactive ketones (excluding diaryl/α,β-unsaturated/α-hetero) is 2. The van der Waals surface area contributed by atoms with Crippen LogP contribution in [0.3, 0.4) is 0 Å². The average molecular weight is 1620 g/mol. The van der Waals surface area contributed by atoms with Crippen LogP contribution in [-0.2, 0) is 110 Å². The van der Waals surface area contributed by atoms with E-state index in [4.69, 9.17) is 15.0 Å². The summed E-state index contributed by atoms with van der Waals surface area (Å²) < 4.78 is 10.7. The second-order valence-electron chi connectivity index (χ2n) is 26.1. The third kappa shape index (κ3) is 52.3. The molecule has 113 heavy (non-hydrogen) atoms. The lowest BCUT2D eigenvalue weighted by atomic mass is 9.97. The van der Waals surface area contributed by atoms with Gasteiger partial charge in [0.2, 0.25) is 59.1 Å². The molecule has 0 aromatic heterocycles. The summed E-state index contributed by atoms with van der Waals surface area (Å²) in [4.78, 5) is 264. The summed E-state index contributed by atoms with van der Waals surface area (Å²) in [5.74, 6) is -31.3. The van der Waals surface area contributed by atoms with E-state index in [1.807, 2.05) is 16.0 Å². The lowest BCUT2D eigenvalue weighted by molar-refractivity contribution is -0.145. The van der Waals surface area contributed by atoms with Crippen LogP contribution in [0.1, 0.15) is 200 Å². The first-order valence-electron chi connectivity index (χ1n) is 36.5. The Morgan fingerprint density at radius 1 is 0.319 bits per heavy atom. The van der Waals surface area contributed by atoms with Crippen LogP contribution < -0.4 is 53.2 Å². The van der Waals surface area contributed by atoms with E-state index in [-0.39, 0.29) is 70.0 Å². The first-order valence-corrected chi connectivity index (χ1v) is 36.5. The van der Waals surface area contributed by atoms with Gasteiger partial charge in [0.25, 0.3) is 0 Å². The maximum absolute atomic E-state index is 13.7. The number of amides is 10. The Morgan fingerprint density at radius 2 is 0.628 bits per heavy atom. The van der Waals surface area contributed by atoms with Gasteiger partial charge in [0.1, 0.15) is 54.7 Å². The number of carboxylic acids is 9. The molecule has 0 radical (unpaired) electrons. The molecule has 634 valence electrons. The van der Waals surface area contributed by atoms with Crippen molar-refractivity contribution in [2.75, 3.05) is 46.1 Å². The quantitative estimate of drug-likeness (QED) is 0.0145. The fourth-order valence-corrected chi connectivity index (χ4v) is 10.7. The molecule has 45 nitrogen and oxygen atoms in total. The molecule has 0 spiro atoms. The molecule has 0 saturated heterocycles. The Hall–Kier alpha value is -11.5. The highest BCUT2D eigenvalue weighted by molar-refractivity contribution is 6.02. The Labute approximate surface area is 647 Å². The molecule has 0 aliphatic rings. The van der Waals surface area contributed by atoms with Gasteiger partial charge in [0.15, 0.2) is 5.78 Å². The second-order valence-corrected chi connectivity index (χ2v) is 26.1. The number of nitrogens with one attached hydrogen (secondary N) is 10. The van der Waals surface area contributed by atoms with E-state index in [1.165, 1.54) is 0 Å². The number of carboxylic acid groups (broad SMARTS) is 9. The van der Waals surface area contributed by atoms with E-state index in [0.29, 0.717) is 25.9 Å². The normalized spacial score (nSPS) is 13.2. The molecule has 0 saturated carbocycles. The molecule has 10 amide bonds. The van der Waals surface area contributed by atoms with Crippen molar-refractivity contribution in [3.05, 3.63) is 10.4 Å². The molecule has 0 heterocycles. The van der Waals surface area contributed by atoms with Crippen LogP contribution in [0.25, 0.3) is 10.4 Å². The van der Waals surface area contributed by atoms with Crippen molar-refractivity contribution in [2.24, 2.45) is 11.0 Å². The smallest absolute Gasteiger partial charge is 0.326 e. The van der Waals surface area contributed by atoms with Crippen LogP contribution in [0.4, 0.5) is 0 Å². The highest BCUT2D eigenvalue weighted by Gasteiger charge is 2.38. The fourth-order valence-electron chi connectivity index (χ4n) is 10.7. The summed E-state index contributed by atoms with van der Waals surface area (Å²) >= 11 is 0. The highest BCUT2D eigenvalue weighted by atomic mass is 16.5. The largest absolute Gasteiger partial charge is 0.481 e. The molecule has 0 rings (SSSR count). The van der Waals surface area contributed by atoms with Crippen molar-refractivity contribution in [2.45, 2.75) is 248 Å². The molecule has 45 heteroatoms. The van der Waals surface area contributed by atoms with Gasteiger partial charge in [-0.2, -0.15) is 0 Å². The summed E-state index contributed by atoms with van der Waals surface area (Å²) in [6, 6.07) is -17.3. The zero-order chi connectivity index (χ0) is 85.4. The van der Waals surface area contributed by atoms with Crippen molar-refractivity contribution in [1.82, 2.24) is 53.2 Å². The summed E-state index contributed by atoms with van der Waals surface area (Å²) in [6.45, 7) is 1.48. The average Bonchev–Trinajstić information content (AvgIpc) is 0.847. The van der Waals surface area contributed by atoms with E-state index in [9.17, 15) is 147 Å². The molecule has 0 aromatic rings. The lowest BCUT2D eigenvalue weighted by Gasteiger charge is -2.26. The van der Waals surface area contributed by atoms with Gasteiger partial charge < -0.3 is 113 Å². The Kier molecular flexibility index (Phi) is 53.3. The summed E-state index contributed by atoms with van der Waals surface area (Å²) in [5, 5.41) is 110. The standard InChI is InChI=1S/C68H105N13O32/c1-39(82)29-40(30-53(87)88)61(103)75-43(32-55(91)92)63(105)77-45(34-57(95)96)65(107)79-47(36-59(99)100)67(109)80-48(37-60(101)102)66(108)78-46(35-58(97)98)64(106)76-44(33-56(93)94)62(104)74-42(31-54(89)90)49(83)19-18-26-112-27-28-113-38-52(86)71-24-17-13-9-4-2-6-10-14-20-50(84)70-23-16-12-8-5-3-7-11-15-21-51(85)73-41(68(110)111)22-25-72-81-69/h40-48H,2-38H2,1H3,(H,70,84)(H,71,86)(H,73,85)(H,74,104)(H,75,103)(H,76,106)(H,77,105)(H,78,108)(H,79,107)(H,80,109)(H,87,88)(H,89,90)(H,91,92)(H,93,94)(H,95,96)(H,97,98)(H,99,100)(H,101,102)(H,110,111). The maximum atomic E-state index is 13.7. The summed E-state index contributed by atoms with van der Waals surface area (Å²) in [7, 11) is 0. The first kappa shape index (κ1) is 102. The maximum Gasteiger partial charge on any atom is 0.326 e. The fraction of sp³-hybridized carbons (Fsp3) is 0.691. The monoisotopic (exact) mass is 1620 g/mol. The van der Waals surface area contributed by atoms with Gasteiger partial charge in [-0.15, -0.1) is 0 Å².